The zero-order valence-electron chi connectivity index (χ0n) is 16.3. The Bertz CT molecular complexity index is 792. The summed E-state index contributed by atoms with van der Waals surface area (Å²) in [6, 6.07) is 10.2. The number of benzene rings is 1. The average molecular weight is 399 g/mol. The molecule has 6 heteroatoms. The number of nitrogens with zero attached hydrogens (tertiary/aromatic N) is 2. The second-order valence-corrected chi connectivity index (χ2v) is 9.16. The normalized spacial score (nSPS) is 21.4. The Morgan fingerprint density at radius 3 is 2.43 bits per heavy atom. The molecule has 2 aliphatic rings. The summed E-state index contributed by atoms with van der Waals surface area (Å²) in [4.78, 5) is 19.7. The van der Waals surface area contributed by atoms with Crippen LogP contribution in [-0.2, 0) is 10.2 Å². The first kappa shape index (κ1) is 19.4. The molecule has 0 unspecified atom stereocenters. The van der Waals surface area contributed by atoms with Gasteiger partial charge in [0.1, 0.15) is 0 Å². The fourth-order valence-electron chi connectivity index (χ4n) is 4.97. The zero-order chi connectivity index (χ0) is 19.6. The molecule has 4 rings (SSSR count). The maximum Gasteiger partial charge on any atom is 0.239 e. The third kappa shape index (κ3) is 3.67. The number of nitrogen functional groups attached to an aromatic ring is 1. The van der Waals surface area contributed by atoms with Crippen LogP contribution in [0.15, 0.2) is 35.7 Å². The van der Waals surface area contributed by atoms with E-state index in [2.05, 4.69) is 34.6 Å². The number of likely N-dealkylation sites (tertiary alicyclic amines) is 1. The van der Waals surface area contributed by atoms with Gasteiger partial charge in [0.15, 0.2) is 5.13 Å². The van der Waals surface area contributed by atoms with Gasteiger partial charge in [0.2, 0.25) is 5.91 Å². The van der Waals surface area contributed by atoms with Gasteiger partial charge in [-0.2, -0.15) is 0 Å². The van der Waals surface area contributed by atoms with Crippen molar-refractivity contribution in [3.8, 4) is 0 Å². The summed E-state index contributed by atoms with van der Waals surface area (Å²) in [5, 5.41) is 2.68. The predicted molar refractivity (Wildman–Crippen MR) is 114 cm³/mol. The van der Waals surface area contributed by atoms with Crippen molar-refractivity contribution >= 4 is 22.4 Å². The molecule has 5 nitrogen and oxygen atoms in total. The molecule has 1 atom stereocenters. The first-order chi connectivity index (χ1) is 13.6. The van der Waals surface area contributed by atoms with E-state index in [9.17, 15) is 4.79 Å². The lowest BCUT2D eigenvalue weighted by atomic mass is 9.70. The van der Waals surface area contributed by atoms with Gasteiger partial charge in [-0.15, -0.1) is 11.3 Å². The van der Waals surface area contributed by atoms with Gasteiger partial charge >= 0.3 is 0 Å². The molecule has 1 aliphatic heterocycles. The van der Waals surface area contributed by atoms with Crippen LogP contribution in [0.3, 0.4) is 0 Å². The topological polar surface area (TPSA) is 85.2 Å². The number of amides is 1. The van der Waals surface area contributed by atoms with E-state index < -0.39 is 0 Å². The first-order valence-corrected chi connectivity index (χ1v) is 11.3. The molecule has 0 spiro atoms. The van der Waals surface area contributed by atoms with E-state index in [0.717, 1.165) is 31.4 Å². The van der Waals surface area contributed by atoms with Crippen molar-refractivity contribution in [1.29, 1.82) is 0 Å². The lowest BCUT2D eigenvalue weighted by Gasteiger charge is -2.42. The second kappa shape index (κ2) is 8.21. The van der Waals surface area contributed by atoms with Crippen molar-refractivity contribution in [3.05, 3.63) is 47.0 Å². The zero-order valence-corrected chi connectivity index (χ0v) is 17.2. The summed E-state index contributed by atoms with van der Waals surface area (Å²) >= 11 is 1.49. The number of carbonyl (C=O) groups excluding carboxylic acids is 1. The van der Waals surface area contributed by atoms with Crippen LogP contribution in [0.4, 0.5) is 5.13 Å². The monoisotopic (exact) mass is 398 g/mol. The quantitative estimate of drug-likeness (QED) is 0.825. The Balaban J connectivity index is 1.51. The highest BCUT2D eigenvalue weighted by molar-refractivity contribution is 7.13. The molecule has 1 aromatic heterocycles. The molecule has 0 radical (unpaired) electrons. The van der Waals surface area contributed by atoms with Crippen molar-refractivity contribution in [2.45, 2.75) is 56.4 Å². The molecule has 1 saturated heterocycles. The molecular formula is C22H30N4OS. The Labute approximate surface area is 171 Å². The number of nitrogens with two attached hydrogens (primary N) is 2. The molecule has 1 amide bonds. The lowest BCUT2D eigenvalue weighted by Crippen LogP contribution is -2.53. The largest absolute Gasteiger partial charge is 0.375 e. The Hall–Kier alpha value is -1.92. The summed E-state index contributed by atoms with van der Waals surface area (Å²) in [5.41, 5.74) is 14.5. The Morgan fingerprint density at radius 2 is 1.82 bits per heavy atom. The van der Waals surface area contributed by atoms with E-state index in [0.29, 0.717) is 24.1 Å². The molecule has 2 heterocycles. The minimum absolute atomic E-state index is 0.131. The second-order valence-electron chi connectivity index (χ2n) is 8.27. The Morgan fingerprint density at radius 1 is 1.14 bits per heavy atom. The smallest absolute Gasteiger partial charge is 0.239 e. The van der Waals surface area contributed by atoms with Crippen LogP contribution in [-0.4, -0.2) is 34.9 Å². The average Bonchev–Trinajstić information content (AvgIpc) is 3.21. The fourth-order valence-corrected chi connectivity index (χ4v) is 5.63. The standard InChI is InChI=1S/C22H30N4OS/c23-19(16-7-3-1-4-8-16)20(27)26-13-11-22(12-14-26,17-9-5-2-6-10-17)18-15-28-21(24)25-18/h2,5-6,9-10,15-16,19H,1,3-4,7-8,11-14,23H2,(H2,24,25)/t19-/m0/s1. The van der Waals surface area contributed by atoms with Gasteiger partial charge in [0.05, 0.1) is 11.7 Å². The van der Waals surface area contributed by atoms with Gasteiger partial charge in [0, 0.05) is 23.9 Å². The summed E-state index contributed by atoms with van der Waals surface area (Å²) < 4.78 is 0. The lowest BCUT2D eigenvalue weighted by molar-refractivity contribution is -0.135. The summed E-state index contributed by atoms with van der Waals surface area (Å²) in [6.07, 6.45) is 7.56. The van der Waals surface area contributed by atoms with Gasteiger partial charge < -0.3 is 16.4 Å². The highest BCUT2D eigenvalue weighted by atomic mass is 32.1. The number of aromatic nitrogens is 1. The number of piperidine rings is 1. The van der Waals surface area contributed by atoms with Crippen molar-refractivity contribution in [3.63, 3.8) is 0 Å². The number of carbonyl (C=O) groups is 1. The van der Waals surface area contributed by atoms with E-state index in [1.54, 1.807) is 0 Å². The van der Waals surface area contributed by atoms with Crippen molar-refractivity contribution in [2.24, 2.45) is 11.7 Å². The molecule has 4 N–H and O–H groups in total. The summed E-state index contributed by atoms with van der Waals surface area (Å²) in [7, 11) is 0. The molecule has 150 valence electrons. The van der Waals surface area contributed by atoms with Gasteiger partial charge in [-0.3, -0.25) is 4.79 Å². The highest BCUT2D eigenvalue weighted by Crippen LogP contribution is 2.42. The first-order valence-electron chi connectivity index (χ1n) is 10.4. The van der Waals surface area contributed by atoms with Crippen molar-refractivity contribution in [2.75, 3.05) is 18.8 Å². The van der Waals surface area contributed by atoms with Gasteiger partial charge in [-0.1, -0.05) is 49.6 Å². The van der Waals surface area contributed by atoms with E-state index in [4.69, 9.17) is 11.5 Å². The van der Waals surface area contributed by atoms with Crippen LogP contribution in [0.1, 0.15) is 56.2 Å². The number of thiazole rings is 1. The summed E-state index contributed by atoms with van der Waals surface area (Å²) in [5.74, 6) is 0.478. The maximum atomic E-state index is 13.1. The molecular weight excluding hydrogens is 368 g/mol. The van der Waals surface area contributed by atoms with Crippen LogP contribution >= 0.6 is 11.3 Å². The van der Waals surface area contributed by atoms with Crippen LogP contribution in [0, 0.1) is 5.92 Å². The molecule has 2 aromatic rings. The molecule has 1 aliphatic carbocycles. The van der Waals surface area contributed by atoms with Crippen LogP contribution in [0.25, 0.3) is 0 Å². The van der Waals surface area contributed by atoms with Crippen LogP contribution in [0.2, 0.25) is 0 Å². The molecule has 1 aromatic carbocycles. The highest BCUT2D eigenvalue weighted by Gasteiger charge is 2.42. The van der Waals surface area contributed by atoms with Gasteiger partial charge in [0.25, 0.3) is 0 Å². The minimum atomic E-state index is -0.348. The van der Waals surface area contributed by atoms with E-state index in [-0.39, 0.29) is 17.4 Å². The van der Waals surface area contributed by atoms with Crippen LogP contribution < -0.4 is 11.5 Å². The van der Waals surface area contributed by atoms with E-state index in [1.807, 2.05) is 11.0 Å². The number of hydrogen-bond donors (Lipinski definition) is 2. The molecule has 28 heavy (non-hydrogen) atoms. The van der Waals surface area contributed by atoms with Crippen molar-refractivity contribution < 1.29 is 4.79 Å². The number of anilines is 1. The van der Waals surface area contributed by atoms with Crippen molar-refractivity contribution in [1.82, 2.24) is 9.88 Å². The molecule has 2 fully saturated rings. The van der Waals surface area contributed by atoms with E-state index >= 15 is 0 Å². The summed E-state index contributed by atoms with van der Waals surface area (Å²) in [6.45, 7) is 1.43. The van der Waals surface area contributed by atoms with Crippen LogP contribution in [0.5, 0.6) is 0 Å². The third-order valence-corrected chi connectivity index (χ3v) is 7.38. The SMILES string of the molecule is Nc1nc(C2(c3ccccc3)CCN(C(=O)[C@@H](N)C3CCCCC3)CC2)cs1. The maximum absolute atomic E-state index is 13.1. The van der Waals surface area contributed by atoms with Gasteiger partial charge in [-0.25, -0.2) is 4.98 Å². The predicted octanol–water partition coefficient (Wildman–Crippen LogP) is 3.54. The fraction of sp³-hybridized carbons (Fsp3) is 0.545. The third-order valence-electron chi connectivity index (χ3n) is 6.71. The minimum Gasteiger partial charge on any atom is -0.375 e. The Kier molecular flexibility index (Phi) is 5.69. The molecule has 0 bridgehead atoms. The molecule has 1 saturated carbocycles. The number of hydrogen-bond acceptors (Lipinski definition) is 5. The number of rotatable bonds is 4. The van der Waals surface area contributed by atoms with Gasteiger partial charge in [-0.05, 0) is 37.2 Å². The van der Waals surface area contributed by atoms with E-state index in [1.165, 1.54) is 36.2 Å².